The minimum Gasteiger partial charge on any atom is -0.276 e. The van der Waals surface area contributed by atoms with Gasteiger partial charge in [-0.05, 0) is 30.7 Å². The smallest absolute Gasteiger partial charge is 0.252 e. The summed E-state index contributed by atoms with van der Waals surface area (Å²) in [6.45, 7) is 1.75. The molecule has 0 amide bonds. The molecule has 0 spiro atoms. The third-order valence-corrected chi connectivity index (χ3v) is 1.56. The Morgan fingerprint density at radius 1 is 1.55 bits per heavy atom. The van der Waals surface area contributed by atoms with Gasteiger partial charge in [-0.1, -0.05) is 11.6 Å². The highest BCUT2D eigenvalue weighted by molar-refractivity contribution is 6.67. The number of rotatable bonds is 1. The van der Waals surface area contributed by atoms with Crippen LogP contribution >= 0.6 is 23.2 Å². The van der Waals surface area contributed by atoms with Crippen LogP contribution in [0.3, 0.4) is 0 Å². The molecular weight excluding hydrogens is 185 g/mol. The highest BCUT2D eigenvalue weighted by Crippen LogP contribution is 2.11. The number of halogens is 2. The fourth-order valence-electron chi connectivity index (χ4n) is 0.742. The topological polar surface area (TPSA) is 30.0 Å². The molecule has 0 atom stereocenters. The van der Waals surface area contributed by atoms with E-state index in [9.17, 15) is 4.79 Å². The minimum absolute atomic E-state index is 0.286. The van der Waals surface area contributed by atoms with E-state index in [0.29, 0.717) is 11.3 Å². The van der Waals surface area contributed by atoms with Crippen molar-refractivity contribution in [1.82, 2.24) is 4.98 Å². The van der Waals surface area contributed by atoms with E-state index in [1.807, 2.05) is 0 Å². The monoisotopic (exact) mass is 189 g/mol. The van der Waals surface area contributed by atoms with E-state index in [4.69, 9.17) is 23.2 Å². The molecule has 0 aromatic carbocycles. The van der Waals surface area contributed by atoms with Crippen molar-refractivity contribution in [3.63, 3.8) is 0 Å². The van der Waals surface area contributed by atoms with Crippen LogP contribution in [-0.4, -0.2) is 10.2 Å². The molecule has 0 saturated heterocycles. The predicted molar refractivity (Wildman–Crippen MR) is 44.2 cm³/mol. The average Bonchev–Trinajstić information content (AvgIpc) is 1.85. The van der Waals surface area contributed by atoms with E-state index in [1.54, 1.807) is 13.0 Å². The van der Waals surface area contributed by atoms with Gasteiger partial charge in [0.2, 0.25) is 0 Å². The molecule has 1 rings (SSSR count). The van der Waals surface area contributed by atoms with Crippen LogP contribution in [0.15, 0.2) is 12.1 Å². The molecule has 0 aliphatic heterocycles. The zero-order chi connectivity index (χ0) is 8.43. The molecule has 0 aliphatic carbocycles. The summed E-state index contributed by atoms with van der Waals surface area (Å²) in [6.07, 6.45) is 0. The van der Waals surface area contributed by atoms with Gasteiger partial charge < -0.3 is 0 Å². The first-order chi connectivity index (χ1) is 5.09. The second-order valence-corrected chi connectivity index (χ2v) is 2.82. The lowest BCUT2D eigenvalue weighted by Gasteiger charge is -1.96. The first-order valence-corrected chi connectivity index (χ1v) is 3.69. The molecule has 1 aromatic rings. The Kier molecular flexibility index (Phi) is 2.47. The fourth-order valence-corrected chi connectivity index (χ4v) is 1.10. The van der Waals surface area contributed by atoms with Crippen LogP contribution in [0.1, 0.15) is 16.1 Å². The SMILES string of the molecule is Cc1cc(C(=O)Cl)cc(Cl)n1. The number of hydrogen-bond donors (Lipinski definition) is 0. The second-order valence-electron chi connectivity index (χ2n) is 2.09. The minimum atomic E-state index is -0.516. The van der Waals surface area contributed by atoms with Gasteiger partial charge in [-0.2, -0.15) is 0 Å². The van der Waals surface area contributed by atoms with E-state index in [0.717, 1.165) is 0 Å². The van der Waals surface area contributed by atoms with E-state index < -0.39 is 5.24 Å². The Bertz CT molecular complexity index is 278. The Labute approximate surface area is 74.1 Å². The van der Waals surface area contributed by atoms with Crippen molar-refractivity contribution in [2.24, 2.45) is 0 Å². The number of nitrogens with zero attached hydrogens (tertiary/aromatic N) is 1. The standard InChI is InChI=1S/C7H5Cl2NO/c1-4-2-5(7(9)11)3-6(8)10-4/h2-3H,1H3. The Morgan fingerprint density at radius 3 is 2.64 bits per heavy atom. The van der Waals surface area contributed by atoms with Gasteiger partial charge in [-0.15, -0.1) is 0 Å². The predicted octanol–water partition coefficient (Wildman–Crippen LogP) is 2.42. The maximum Gasteiger partial charge on any atom is 0.252 e. The van der Waals surface area contributed by atoms with Gasteiger partial charge >= 0.3 is 0 Å². The summed E-state index contributed by atoms with van der Waals surface area (Å²) in [4.78, 5) is 14.5. The Hall–Kier alpha value is -0.600. The van der Waals surface area contributed by atoms with Gasteiger partial charge in [0.1, 0.15) is 5.15 Å². The van der Waals surface area contributed by atoms with Crippen LogP contribution in [0.25, 0.3) is 0 Å². The molecule has 2 nitrogen and oxygen atoms in total. The molecule has 58 valence electrons. The van der Waals surface area contributed by atoms with Gasteiger partial charge in [-0.3, -0.25) is 4.79 Å². The molecule has 0 fully saturated rings. The average molecular weight is 190 g/mol. The van der Waals surface area contributed by atoms with Gasteiger partial charge in [0, 0.05) is 11.3 Å². The number of carbonyl (C=O) groups is 1. The number of carbonyl (C=O) groups excluding carboxylic acids is 1. The van der Waals surface area contributed by atoms with Gasteiger partial charge in [0.25, 0.3) is 5.24 Å². The molecular formula is C7H5Cl2NO. The van der Waals surface area contributed by atoms with Crippen LogP contribution in [0.4, 0.5) is 0 Å². The molecule has 0 unspecified atom stereocenters. The van der Waals surface area contributed by atoms with Gasteiger partial charge in [0.05, 0.1) is 0 Å². The highest BCUT2D eigenvalue weighted by Gasteiger charge is 2.03. The third kappa shape index (κ3) is 2.17. The van der Waals surface area contributed by atoms with E-state index in [1.165, 1.54) is 6.07 Å². The maximum absolute atomic E-state index is 10.6. The lowest BCUT2D eigenvalue weighted by atomic mass is 10.2. The third-order valence-electron chi connectivity index (χ3n) is 1.15. The number of aryl methyl sites for hydroxylation is 1. The zero-order valence-electron chi connectivity index (χ0n) is 5.77. The first kappa shape index (κ1) is 8.50. The van der Waals surface area contributed by atoms with E-state index in [-0.39, 0.29) is 5.15 Å². The largest absolute Gasteiger partial charge is 0.276 e. The molecule has 1 aromatic heterocycles. The van der Waals surface area contributed by atoms with E-state index >= 15 is 0 Å². The van der Waals surface area contributed by atoms with Crippen molar-refractivity contribution >= 4 is 28.4 Å². The Morgan fingerprint density at radius 2 is 2.18 bits per heavy atom. The molecule has 4 heteroatoms. The van der Waals surface area contributed by atoms with Crippen LogP contribution in [0.2, 0.25) is 5.15 Å². The number of hydrogen-bond acceptors (Lipinski definition) is 2. The van der Waals surface area contributed by atoms with Gasteiger partial charge in [0.15, 0.2) is 0 Å². The summed E-state index contributed by atoms with van der Waals surface area (Å²) < 4.78 is 0. The quantitative estimate of drug-likeness (QED) is 0.502. The van der Waals surface area contributed by atoms with Crippen LogP contribution in [0, 0.1) is 6.92 Å². The van der Waals surface area contributed by atoms with Crippen molar-refractivity contribution in [2.45, 2.75) is 6.92 Å². The van der Waals surface area contributed by atoms with Crippen molar-refractivity contribution in [1.29, 1.82) is 0 Å². The van der Waals surface area contributed by atoms with Crippen molar-refractivity contribution in [3.8, 4) is 0 Å². The molecule has 1 heterocycles. The summed E-state index contributed by atoms with van der Waals surface area (Å²) in [5.41, 5.74) is 1.06. The highest BCUT2D eigenvalue weighted by atomic mass is 35.5. The normalized spacial score (nSPS) is 9.73. The number of pyridine rings is 1. The summed E-state index contributed by atoms with van der Waals surface area (Å²) in [6, 6.07) is 3.02. The van der Waals surface area contributed by atoms with Crippen LogP contribution in [0.5, 0.6) is 0 Å². The molecule has 0 aliphatic rings. The van der Waals surface area contributed by atoms with Crippen LogP contribution in [-0.2, 0) is 0 Å². The van der Waals surface area contributed by atoms with Gasteiger partial charge in [-0.25, -0.2) is 4.98 Å². The van der Waals surface area contributed by atoms with Crippen molar-refractivity contribution in [2.75, 3.05) is 0 Å². The summed E-state index contributed by atoms with van der Waals surface area (Å²) in [7, 11) is 0. The molecule has 0 N–H and O–H groups in total. The second kappa shape index (κ2) is 3.20. The Balaban J connectivity index is 3.19. The molecule has 0 saturated carbocycles. The molecule has 0 radical (unpaired) electrons. The van der Waals surface area contributed by atoms with Crippen molar-refractivity contribution in [3.05, 3.63) is 28.5 Å². The van der Waals surface area contributed by atoms with Crippen molar-refractivity contribution < 1.29 is 4.79 Å². The summed E-state index contributed by atoms with van der Waals surface area (Å²) in [5, 5.41) is -0.230. The molecule has 11 heavy (non-hydrogen) atoms. The maximum atomic E-state index is 10.6. The molecule has 0 bridgehead atoms. The lowest BCUT2D eigenvalue weighted by molar-refractivity contribution is 0.108. The first-order valence-electron chi connectivity index (χ1n) is 2.93. The lowest BCUT2D eigenvalue weighted by Crippen LogP contribution is -1.91. The number of aromatic nitrogens is 1. The zero-order valence-corrected chi connectivity index (χ0v) is 7.28. The fraction of sp³-hybridized carbons (Fsp3) is 0.143. The van der Waals surface area contributed by atoms with E-state index in [2.05, 4.69) is 4.98 Å². The summed E-state index contributed by atoms with van der Waals surface area (Å²) in [5.74, 6) is 0. The van der Waals surface area contributed by atoms with Crippen LogP contribution < -0.4 is 0 Å². The summed E-state index contributed by atoms with van der Waals surface area (Å²) >= 11 is 10.8.